The van der Waals surface area contributed by atoms with Crippen LogP contribution < -0.4 is 11.1 Å². The molecule has 0 spiro atoms. The van der Waals surface area contributed by atoms with Crippen LogP contribution in [0.1, 0.15) is 20.3 Å². The van der Waals surface area contributed by atoms with Gasteiger partial charge in [0.25, 0.3) is 0 Å². The molecule has 66 valence electrons. The van der Waals surface area contributed by atoms with E-state index >= 15 is 0 Å². The molecule has 4 heteroatoms. The number of amides is 1. The van der Waals surface area contributed by atoms with E-state index in [-0.39, 0.29) is 23.9 Å². The van der Waals surface area contributed by atoms with Gasteiger partial charge in [-0.1, -0.05) is 0 Å². The molecule has 0 aromatic heterocycles. The van der Waals surface area contributed by atoms with Crippen LogP contribution in [0.2, 0.25) is 0 Å². The normalized spacial score (nSPS) is 27.5. The van der Waals surface area contributed by atoms with E-state index in [2.05, 4.69) is 5.32 Å². The van der Waals surface area contributed by atoms with Gasteiger partial charge in [-0.25, -0.2) is 0 Å². The monoisotopic (exact) mass is 178 g/mol. The molecule has 1 amide bonds. The first-order valence-electron chi connectivity index (χ1n) is 3.57. The Balaban J connectivity index is 0.000001000. The van der Waals surface area contributed by atoms with Crippen LogP contribution in [0.3, 0.4) is 0 Å². The Morgan fingerprint density at radius 3 is 2.45 bits per heavy atom. The molecule has 0 aromatic carbocycles. The Labute approximate surface area is 73.1 Å². The number of carbonyl (C=O) groups is 1. The van der Waals surface area contributed by atoms with Crippen LogP contribution in [-0.4, -0.2) is 18.0 Å². The van der Waals surface area contributed by atoms with Crippen molar-refractivity contribution in [2.24, 2.45) is 11.7 Å². The maximum Gasteiger partial charge on any atom is 0.220 e. The Kier molecular flexibility index (Phi) is 3.32. The Morgan fingerprint density at radius 1 is 1.73 bits per heavy atom. The predicted octanol–water partition coefficient (Wildman–Crippen LogP) is 0.282. The fourth-order valence-corrected chi connectivity index (χ4v) is 1.37. The second-order valence-electron chi connectivity index (χ2n) is 3.41. The highest BCUT2D eigenvalue weighted by Gasteiger charge is 2.37. The van der Waals surface area contributed by atoms with E-state index < -0.39 is 0 Å². The third kappa shape index (κ3) is 2.07. The van der Waals surface area contributed by atoms with Gasteiger partial charge in [-0.3, -0.25) is 4.79 Å². The third-order valence-electron chi connectivity index (χ3n) is 2.20. The molecule has 1 aliphatic heterocycles. The molecule has 0 radical (unpaired) electrons. The molecule has 1 aliphatic rings. The highest BCUT2D eigenvalue weighted by molar-refractivity contribution is 5.85. The van der Waals surface area contributed by atoms with E-state index in [1.165, 1.54) is 0 Å². The van der Waals surface area contributed by atoms with E-state index in [9.17, 15) is 4.79 Å². The van der Waals surface area contributed by atoms with E-state index in [1.54, 1.807) is 0 Å². The molecular weight excluding hydrogens is 164 g/mol. The minimum Gasteiger partial charge on any atom is -0.351 e. The maximum absolute atomic E-state index is 10.9. The second-order valence-corrected chi connectivity index (χ2v) is 3.41. The molecule has 0 aromatic rings. The quantitative estimate of drug-likeness (QED) is 0.606. The summed E-state index contributed by atoms with van der Waals surface area (Å²) in [5.41, 5.74) is 5.39. The summed E-state index contributed by atoms with van der Waals surface area (Å²) in [7, 11) is 0. The number of nitrogens with one attached hydrogen (secondary N) is 1. The first-order valence-corrected chi connectivity index (χ1v) is 3.57. The summed E-state index contributed by atoms with van der Waals surface area (Å²) in [5.74, 6) is 0.431. The third-order valence-corrected chi connectivity index (χ3v) is 2.20. The van der Waals surface area contributed by atoms with Crippen molar-refractivity contribution >= 4 is 18.3 Å². The molecule has 0 aliphatic carbocycles. The minimum absolute atomic E-state index is 0. The molecule has 1 rings (SSSR count). The van der Waals surface area contributed by atoms with E-state index in [1.807, 2.05) is 13.8 Å². The maximum atomic E-state index is 10.9. The Hall–Kier alpha value is -0.280. The van der Waals surface area contributed by atoms with Gasteiger partial charge in [-0.05, 0) is 20.4 Å². The van der Waals surface area contributed by atoms with Crippen LogP contribution in [0, 0.1) is 5.92 Å². The molecule has 1 fully saturated rings. The summed E-state index contributed by atoms with van der Waals surface area (Å²) < 4.78 is 0. The molecule has 1 unspecified atom stereocenters. The highest BCUT2D eigenvalue weighted by atomic mass is 35.5. The van der Waals surface area contributed by atoms with E-state index in [0.29, 0.717) is 18.9 Å². The zero-order valence-electron chi connectivity index (χ0n) is 6.89. The lowest BCUT2D eigenvalue weighted by Crippen LogP contribution is -2.41. The number of carbonyl (C=O) groups excluding carboxylic acids is 1. The topological polar surface area (TPSA) is 55.1 Å². The molecule has 3 nitrogen and oxygen atoms in total. The van der Waals surface area contributed by atoms with Crippen LogP contribution in [0.25, 0.3) is 0 Å². The SMILES string of the molecule is CC1(C)NC(=O)CC1CN.Cl. The fraction of sp³-hybridized carbons (Fsp3) is 0.857. The van der Waals surface area contributed by atoms with Crippen LogP contribution >= 0.6 is 12.4 Å². The lowest BCUT2D eigenvalue weighted by molar-refractivity contribution is -0.119. The summed E-state index contributed by atoms with van der Waals surface area (Å²) in [6.45, 7) is 4.61. The lowest BCUT2D eigenvalue weighted by Gasteiger charge is -2.24. The summed E-state index contributed by atoms with van der Waals surface area (Å²) in [6.07, 6.45) is 0.587. The fourth-order valence-electron chi connectivity index (χ4n) is 1.37. The van der Waals surface area contributed by atoms with Gasteiger partial charge in [0.05, 0.1) is 0 Å². The number of halogens is 1. The minimum atomic E-state index is -0.0914. The van der Waals surface area contributed by atoms with Crippen LogP contribution in [0.4, 0.5) is 0 Å². The van der Waals surface area contributed by atoms with Gasteiger partial charge in [0, 0.05) is 17.9 Å². The van der Waals surface area contributed by atoms with Gasteiger partial charge < -0.3 is 11.1 Å². The summed E-state index contributed by atoms with van der Waals surface area (Å²) in [6, 6.07) is 0. The number of hydrogen-bond acceptors (Lipinski definition) is 2. The summed E-state index contributed by atoms with van der Waals surface area (Å²) in [5, 5.41) is 2.88. The zero-order valence-corrected chi connectivity index (χ0v) is 7.70. The van der Waals surface area contributed by atoms with Crippen LogP contribution in [0.15, 0.2) is 0 Å². The molecule has 1 heterocycles. The van der Waals surface area contributed by atoms with E-state index in [0.717, 1.165) is 0 Å². The average Bonchev–Trinajstić information content (AvgIpc) is 2.04. The van der Waals surface area contributed by atoms with Gasteiger partial charge >= 0.3 is 0 Å². The molecule has 3 N–H and O–H groups in total. The van der Waals surface area contributed by atoms with Crippen LogP contribution in [0.5, 0.6) is 0 Å². The van der Waals surface area contributed by atoms with Crippen molar-refractivity contribution in [3.8, 4) is 0 Å². The lowest BCUT2D eigenvalue weighted by atomic mass is 9.89. The van der Waals surface area contributed by atoms with Crippen molar-refractivity contribution in [2.75, 3.05) is 6.54 Å². The Morgan fingerprint density at radius 2 is 2.27 bits per heavy atom. The molecule has 0 saturated carbocycles. The molecule has 0 bridgehead atoms. The van der Waals surface area contributed by atoms with E-state index in [4.69, 9.17) is 5.73 Å². The molecule has 1 atom stereocenters. The van der Waals surface area contributed by atoms with Crippen molar-refractivity contribution in [3.05, 3.63) is 0 Å². The van der Waals surface area contributed by atoms with Gasteiger partial charge in [0.1, 0.15) is 0 Å². The van der Waals surface area contributed by atoms with Crippen LogP contribution in [-0.2, 0) is 4.79 Å². The van der Waals surface area contributed by atoms with Crippen molar-refractivity contribution < 1.29 is 4.79 Å². The van der Waals surface area contributed by atoms with Crippen molar-refractivity contribution in [3.63, 3.8) is 0 Å². The standard InChI is InChI=1S/C7H14N2O.ClH/c1-7(2)5(4-8)3-6(10)9-7;/h5H,3-4,8H2,1-2H3,(H,9,10);1H. The largest absolute Gasteiger partial charge is 0.351 e. The highest BCUT2D eigenvalue weighted by Crippen LogP contribution is 2.24. The van der Waals surface area contributed by atoms with Gasteiger partial charge in [-0.15, -0.1) is 12.4 Å². The second kappa shape index (κ2) is 3.41. The van der Waals surface area contributed by atoms with Crippen molar-refractivity contribution in [1.82, 2.24) is 5.32 Å². The first kappa shape index (κ1) is 10.7. The number of nitrogens with two attached hydrogens (primary N) is 1. The number of hydrogen-bond donors (Lipinski definition) is 2. The molecule has 11 heavy (non-hydrogen) atoms. The van der Waals surface area contributed by atoms with Gasteiger partial charge in [-0.2, -0.15) is 0 Å². The van der Waals surface area contributed by atoms with Gasteiger partial charge in [0.15, 0.2) is 0 Å². The first-order chi connectivity index (χ1) is 4.56. The number of rotatable bonds is 1. The average molecular weight is 179 g/mol. The zero-order chi connectivity index (χ0) is 7.78. The predicted molar refractivity (Wildman–Crippen MR) is 46.6 cm³/mol. The summed E-state index contributed by atoms with van der Waals surface area (Å²) in [4.78, 5) is 10.9. The summed E-state index contributed by atoms with van der Waals surface area (Å²) >= 11 is 0. The Bertz CT molecular complexity index is 159. The molecule has 1 saturated heterocycles. The molecular formula is C7H15ClN2O. The van der Waals surface area contributed by atoms with Crippen molar-refractivity contribution in [2.45, 2.75) is 25.8 Å². The van der Waals surface area contributed by atoms with Crippen molar-refractivity contribution in [1.29, 1.82) is 0 Å². The van der Waals surface area contributed by atoms with Gasteiger partial charge in [0.2, 0.25) is 5.91 Å². The smallest absolute Gasteiger partial charge is 0.220 e.